The van der Waals surface area contributed by atoms with Gasteiger partial charge in [-0.1, -0.05) is 20.3 Å². The van der Waals surface area contributed by atoms with Crippen molar-refractivity contribution >= 4 is 0 Å². The molecule has 2 unspecified atom stereocenters. The summed E-state index contributed by atoms with van der Waals surface area (Å²) in [4.78, 5) is 8.36. The molecule has 0 aliphatic heterocycles. The summed E-state index contributed by atoms with van der Waals surface area (Å²) in [6, 6.07) is -0.0290. The van der Waals surface area contributed by atoms with Gasteiger partial charge in [-0.2, -0.15) is 0 Å². The van der Waals surface area contributed by atoms with Crippen LogP contribution in [0.4, 0.5) is 0 Å². The first kappa shape index (κ1) is 11.9. The second kappa shape index (κ2) is 5.63. The SMILES string of the molecule is CCC(C)C(NN)c1nccnc1OC. The van der Waals surface area contributed by atoms with Gasteiger partial charge in [0.15, 0.2) is 0 Å². The van der Waals surface area contributed by atoms with Crippen LogP contribution in [0.25, 0.3) is 0 Å². The van der Waals surface area contributed by atoms with E-state index in [2.05, 4.69) is 29.2 Å². The number of hydrazine groups is 1. The van der Waals surface area contributed by atoms with Crippen LogP contribution in [0.3, 0.4) is 0 Å². The number of nitrogens with zero attached hydrogens (tertiary/aromatic N) is 2. The summed E-state index contributed by atoms with van der Waals surface area (Å²) in [5.41, 5.74) is 3.52. The first-order chi connectivity index (χ1) is 7.24. The standard InChI is InChI=1S/C10H18N4O/c1-4-7(2)8(14-11)9-10(15-3)13-6-5-12-9/h5-8,14H,4,11H2,1-3H3. The zero-order valence-corrected chi connectivity index (χ0v) is 9.40. The number of nitrogens with two attached hydrogens (primary N) is 1. The fraction of sp³-hybridized carbons (Fsp3) is 0.600. The van der Waals surface area contributed by atoms with Gasteiger partial charge < -0.3 is 4.74 Å². The lowest BCUT2D eigenvalue weighted by Gasteiger charge is -2.22. The van der Waals surface area contributed by atoms with E-state index in [1.807, 2.05) is 0 Å². The van der Waals surface area contributed by atoms with Crippen LogP contribution in [0.1, 0.15) is 32.0 Å². The maximum absolute atomic E-state index is 5.53. The normalized spacial score (nSPS) is 14.7. The van der Waals surface area contributed by atoms with Gasteiger partial charge in [-0.15, -0.1) is 0 Å². The van der Waals surface area contributed by atoms with Crippen LogP contribution in [-0.2, 0) is 0 Å². The Labute approximate surface area is 90.0 Å². The largest absolute Gasteiger partial charge is 0.480 e. The topological polar surface area (TPSA) is 73.1 Å². The lowest BCUT2D eigenvalue weighted by atomic mass is 9.97. The van der Waals surface area contributed by atoms with E-state index in [0.29, 0.717) is 11.8 Å². The van der Waals surface area contributed by atoms with Crippen molar-refractivity contribution in [3.05, 3.63) is 18.1 Å². The number of hydrogen-bond donors (Lipinski definition) is 2. The Balaban J connectivity index is 3.00. The summed E-state index contributed by atoms with van der Waals surface area (Å²) in [7, 11) is 1.58. The molecule has 2 atom stereocenters. The minimum Gasteiger partial charge on any atom is -0.480 e. The number of rotatable bonds is 5. The highest BCUT2D eigenvalue weighted by atomic mass is 16.5. The van der Waals surface area contributed by atoms with Crippen molar-refractivity contribution in [3.63, 3.8) is 0 Å². The molecule has 0 fully saturated rings. The number of ether oxygens (including phenoxy) is 1. The third-order valence-electron chi connectivity index (χ3n) is 2.57. The summed E-state index contributed by atoms with van der Waals surface area (Å²) in [6.45, 7) is 4.22. The van der Waals surface area contributed by atoms with Crippen molar-refractivity contribution in [3.8, 4) is 5.88 Å². The summed E-state index contributed by atoms with van der Waals surface area (Å²) in [5, 5.41) is 0. The summed E-state index contributed by atoms with van der Waals surface area (Å²) < 4.78 is 5.15. The number of aromatic nitrogens is 2. The van der Waals surface area contributed by atoms with Gasteiger partial charge in [0, 0.05) is 12.4 Å². The van der Waals surface area contributed by atoms with Crippen molar-refractivity contribution in [1.29, 1.82) is 0 Å². The summed E-state index contributed by atoms with van der Waals surface area (Å²) in [6.07, 6.45) is 4.26. The molecule has 1 aromatic heterocycles. The van der Waals surface area contributed by atoms with E-state index in [1.165, 1.54) is 0 Å². The van der Waals surface area contributed by atoms with Crippen LogP contribution >= 0.6 is 0 Å². The van der Waals surface area contributed by atoms with Crippen molar-refractivity contribution < 1.29 is 4.74 Å². The van der Waals surface area contributed by atoms with Gasteiger partial charge in [-0.05, 0) is 5.92 Å². The quantitative estimate of drug-likeness (QED) is 0.561. The Morgan fingerprint density at radius 3 is 2.67 bits per heavy atom. The second-order valence-electron chi connectivity index (χ2n) is 3.48. The molecule has 0 amide bonds. The Morgan fingerprint density at radius 2 is 2.13 bits per heavy atom. The van der Waals surface area contributed by atoms with E-state index in [-0.39, 0.29) is 6.04 Å². The molecule has 15 heavy (non-hydrogen) atoms. The third kappa shape index (κ3) is 2.64. The van der Waals surface area contributed by atoms with Crippen LogP contribution < -0.4 is 16.0 Å². The molecule has 84 valence electrons. The van der Waals surface area contributed by atoms with Crippen LogP contribution in [0, 0.1) is 5.92 Å². The highest BCUT2D eigenvalue weighted by molar-refractivity contribution is 5.21. The Bertz CT molecular complexity index is 305. The van der Waals surface area contributed by atoms with Gasteiger partial charge in [-0.3, -0.25) is 16.3 Å². The van der Waals surface area contributed by atoms with E-state index in [0.717, 1.165) is 12.1 Å². The minimum absolute atomic E-state index is 0.0290. The predicted octanol–water partition coefficient (Wildman–Crippen LogP) is 1.04. The van der Waals surface area contributed by atoms with Crippen molar-refractivity contribution in [1.82, 2.24) is 15.4 Å². The molecule has 1 aromatic rings. The molecule has 3 N–H and O–H groups in total. The number of hydrogen-bond acceptors (Lipinski definition) is 5. The maximum Gasteiger partial charge on any atom is 0.237 e. The average Bonchev–Trinajstić information content (AvgIpc) is 2.30. The van der Waals surface area contributed by atoms with Crippen molar-refractivity contribution in [2.45, 2.75) is 26.3 Å². The highest BCUT2D eigenvalue weighted by Gasteiger charge is 2.22. The first-order valence-corrected chi connectivity index (χ1v) is 5.05. The van der Waals surface area contributed by atoms with Crippen molar-refractivity contribution in [2.24, 2.45) is 11.8 Å². The van der Waals surface area contributed by atoms with Gasteiger partial charge >= 0.3 is 0 Å². The fourth-order valence-corrected chi connectivity index (χ4v) is 1.46. The summed E-state index contributed by atoms with van der Waals surface area (Å²) >= 11 is 0. The molecule has 1 heterocycles. The fourth-order valence-electron chi connectivity index (χ4n) is 1.46. The maximum atomic E-state index is 5.53. The molecule has 0 saturated carbocycles. The molecule has 0 bridgehead atoms. The second-order valence-corrected chi connectivity index (χ2v) is 3.48. The summed E-state index contributed by atoms with van der Waals surface area (Å²) in [5.74, 6) is 6.44. The van der Waals surface area contributed by atoms with E-state index >= 15 is 0 Å². The molecule has 0 aromatic carbocycles. The molecule has 0 aliphatic carbocycles. The Morgan fingerprint density at radius 1 is 1.47 bits per heavy atom. The Kier molecular flexibility index (Phi) is 4.45. The van der Waals surface area contributed by atoms with E-state index in [9.17, 15) is 0 Å². The molecule has 0 spiro atoms. The van der Waals surface area contributed by atoms with Crippen LogP contribution in [0.15, 0.2) is 12.4 Å². The predicted molar refractivity (Wildman–Crippen MR) is 58.1 cm³/mol. The van der Waals surface area contributed by atoms with Crippen molar-refractivity contribution in [2.75, 3.05) is 7.11 Å². The minimum atomic E-state index is -0.0290. The zero-order chi connectivity index (χ0) is 11.3. The van der Waals surface area contributed by atoms with E-state index < -0.39 is 0 Å². The van der Waals surface area contributed by atoms with Gasteiger partial charge in [-0.25, -0.2) is 4.98 Å². The van der Waals surface area contributed by atoms with Crippen LogP contribution in [-0.4, -0.2) is 17.1 Å². The van der Waals surface area contributed by atoms with Crippen LogP contribution in [0.2, 0.25) is 0 Å². The monoisotopic (exact) mass is 210 g/mol. The van der Waals surface area contributed by atoms with E-state index in [4.69, 9.17) is 10.6 Å². The molecule has 0 radical (unpaired) electrons. The first-order valence-electron chi connectivity index (χ1n) is 5.05. The molecule has 0 aliphatic rings. The van der Waals surface area contributed by atoms with Gasteiger partial charge in [0.1, 0.15) is 5.69 Å². The highest BCUT2D eigenvalue weighted by Crippen LogP contribution is 2.27. The zero-order valence-electron chi connectivity index (χ0n) is 9.40. The molecule has 5 heteroatoms. The molecule has 1 rings (SSSR count). The average molecular weight is 210 g/mol. The third-order valence-corrected chi connectivity index (χ3v) is 2.57. The molecular weight excluding hydrogens is 192 g/mol. The smallest absolute Gasteiger partial charge is 0.237 e. The van der Waals surface area contributed by atoms with Gasteiger partial charge in [0.05, 0.1) is 13.2 Å². The Hall–Kier alpha value is -1.20. The molecule has 5 nitrogen and oxygen atoms in total. The molecule has 0 saturated heterocycles. The van der Waals surface area contributed by atoms with Crippen LogP contribution in [0.5, 0.6) is 5.88 Å². The van der Waals surface area contributed by atoms with Gasteiger partial charge in [0.2, 0.25) is 5.88 Å². The van der Waals surface area contributed by atoms with E-state index in [1.54, 1.807) is 19.5 Å². The lowest BCUT2D eigenvalue weighted by Crippen LogP contribution is -2.33. The van der Waals surface area contributed by atoms with Gasteiger partial charge in [0.25, 0.3) is 0 Å². The number of nitrogens with one attached hydrogen (secondary N) is 1. The molecular formula is C10H18N4O. The number of methoxy groups -OCH3 is 1. The lowest BCUT2D eigenvalue weighted by molar-refractivity contribution is 0.338.